The van der Waals surface area contributed by atoms with Gasteiger partial charge in [-0.15, -0.1) is 0 Å². The first-order valence-corrected chi connectivity index (χ1v) is 4.59. The molecule has 1 atom stereocenters. The zero-order valence-electron chi connectivity index (χ0n) is 8.15. The second kappa shape index (κ2) is 5.36. The van der Waals surface area contributed by atoms with Gasteiger partial charge >= 0.3 is 0 Å². The van der Waals surface area contributed by atoms with Crippen molar-refractivity contribution < 1.29 is 5.11 Å². The van der Waals surface area contributed by atoms with Gasteiger partial charge in [-0.1, -0.05) is 31.9 Å². The molecule has 0 bridgehead atoms. The summed E-state index contributed by atoms with van der Waals surface area (Å²) in [6.45, 7) is 8.27. The van der Waals surface area contributed by atoms with Gasteiger partial charge in [0.1, 0.15) is 0 Å². The fourth-order valence-electron chi connectivity index (χ4n) is 1.47. The van der Waals surface area contributed by atoms with E-state index < -0.39 is 0 Å². The number of hydrogen-bond acceptors (Lipinski definition) is 1. The van der Waals surface area contributed by atoms with Gasteiger partial charge in [-0.05, 0) is 26.2 Å². The number of aliphatic hydroxyl groups is 1. The van der Waals surface area contributed by atoms with E-state index in [1.54, 1.807) is 0 Å². The Balaban J connectivity index is 0.000000461. The van der Waals surface area contributed by atoms with Crippen molar-refractivity contribution >= 4 is 0 Å². The Morgan fingerprint density at radius 1 is 1.36 bits per heavy atom. The van der Waals surface area contributed by atoms with Crippen molar-refractivity contribution in [3.05, 3.63) is 11.1 Å². The van der Waals surface area contributed by atoms with E-state index in [-0.39, 0.29) is 6.10 Å². The molecule has 0 aromatic rings. The van der Waals surface area contributed by atoms with Gasteiger partial charge in [0.05, 0.1) is 6.10 Å². The molecule has 0 saturated carbocycles. The Morgan fingerprint density at radius 3 is 2.09 bits per heavy atom. The van der Waals surface area contributed by atoms with Crippen molar-refractivity contribution in [3.8, 4) is 0 Å². The van der Waals surface area contributed by atoms with E-state index in [1.165, 1.54) is 11.1 Å². The van der Waals surface area contributed by atoms with Crippen molar-refractivity contribution in [3.63, 3.8) is 0 Å². The average Bonchev–Trinajstić information content (AvgIpc) is 2.33. The third kappa shape index (κ3) is 3.06. The average molecular weight is 156 g/mol. The molecule has 66 valence electrons. The Morgan fingerprint density at radius 2 is 1.91 bits per heavy atom. The summed E-state index contributed by atoms with van der Waals surface area (Å²) in [5.41, 5.74) is 2.87. The van der Waals surface area contributed by atoms with Crippen LogP contribution < -0.4 is 0 Å². The summed E-state index contributed by atoms with van der Waals surface area (Å²) in [6.07, 6.45) is 2.87. The molecule has 0 saturated heterocycles. The molecule has 1 aliphatic rings. The highest BCUT2D eigenvalue weighted by atomic mass is 16.3. The Hall–Kier alpha value is -0.300. The summed E-state index contributed by atoms with van der Waals surface area (Å²) in [5.74, 6) is 0. The predicted octanol–water partition coefficient (Wildman–Crippen LogP) is 2.89. The molecule has 0 amide bonds. The number of aliphatic hydroxyl groups excluding tert-OH is 1. The third-order valence-corrected chi connectivity index (χ3v) is 2.05. The summed E-state index contributed by atoms with van der Waals surface area (Å²) in [4.78, 5) is 0. The highest BCUT2D eigenvalue weighted by Gasteiger charge is 2.16. The normalized spacial score (nSPS) is 23.2. The van der Waals surface area contributed by atoms with E-state index in [0.29, 0.717) is 0 Å². The van der Waals surface area contributed by atoms with E-state index >= 15 is 0 Å². The number of hydrogen-bond donors (Lipinski definition) is 1. The lowest BCUT2D eigenvalue weighted by atomic mass is 10.1. The van der Waals surface area contributed by atoms with Crippen LogP contribution in [0.25, 0.3) is 0 Å². The summed E-state index contributed by atoms with van der Waals surface area (Å²) < 4.78 is 0. The molecular weight excluding hydrogens is 136 g/mol. The van der Waals surface area contributed by atoms with Crippen molar-refractivity contribution in [2.75, 3.05) is 0 Å². The lowest BCUT2D eigenvalue weighted by molar-refractivity contribution is 0.185. The molecular formula is C10H20O. The van der Waals surface area contributed by atoms with Crippen LogP contribution in [0.15, 0.2) is 11.1 Å². The molecule has 1 aliphatic carbocycles. The van der Waals surface area contributed by atoms with Gasteiger partial charge in [-0.25, -0.2) is 0 Å². The second-order valence-electron chi connectivity index (χ2n) is 2.80. The van der Waals surface area contributed by atoms with E-state index in [0.717, 1.165) is 19.3 Å². The summed E-state index contributed by atoms with van der Waals surface area (Å²) in [6, 6.07) is 0. The van der Waals surface area contributed by atoms with Crippen LogP contribution in [-0.2, 0) is 0 Å². The van der Waals surface area contributed by atoms with Crippen LogP contribution in [0.3, 0.4) is 0 Å². The van der Waals surface area contributed by atoms with E-state index in [1.807, 2.05) is 13.8 Å². The Labute approximate surface area is 70.1 Å². The van der Waals surface area contributed by atoms with Crippen LogP contribution in [-0.4, -0.2) is 11.2 Å². The maximum absolute atomic E-state index is 9.16. The van der Waals surface area contributed by atoms with Crippen LogP contribution in [0.4, 0.5) is 0 Å². The van der Waals surface area contributed by atoms with Crippen LogP contribution in [0.2, 0.25) is 0 Å². The van der Waals surface area contributed by atoms with E-state index in [4.69, 9.17) is 5.11 Å². The molecule has 11 heavy (non-hydrogen) atoms. The van der Waals surface area contributed by atoms with Crippen molar-refractivity contribution in [2.24, 2.45) is 0 Å². The van der Waals surface area contributed by atoms with Gasteiger partial charge in [-0.2, -0.15) is 0 Å². The molecule has 1 rings (SSSR count). The first-order valence-electron chi connectivity index (χ1n) is 4.59. The lowest BCUT2D eigenvalue weighted by Crippen LogP contribution is -1.98. The lowest BCUT2D eigenvalue weighted by Gasteiger charge is -1.97. The zero-order valence-corrected chi connectivity index (χ0v) is 8.15. The topological polar surface area (TPSA) is 20.2 Å². The van der Waals surface area contributed by atoms with Crippen molar-refractivity contribution in [2.45, 2.75) is 53.1 Å². The molecule has 0 heterocycles. The molecule has 1 N–H and O–H groups in total. The van der Waals surface area contributed by atoms with Crippen LogP contribution in [0.1, 0.15) is 47.0 Å². The van der Waals surface area contributed by atoms with Crippen LogP contribution in [0, 0.1) is 0 Å². The molecule has 1 heteroatoms. The van der Waals surface area contributed by atoms with Crippen LogP contribution >= 0.6 is 0 Å². The summed E-state index contributed by atoms with van der Waals surface area (Å²) >= 11 is 0. The zero-order chi connectivity index (χ0) is 8.85. The van der Waals surface area contributed by atoms with Crippen molar-refractivity contribution in [1.29, 1.82) is 0 Å². The Kier molecular flexibility index (Phi) is 5.22. The monoisotopic (exact) mass is 156 g/mol. The van der Waals surface area contributed by atoms with E-state index in [2.05, 4.69) is 13.8 Å². The molecule has 0 spiro atoms. The maximum Gasteiger partial charge on any atom is 0.0614 e. The van der Waals surface area contributed by atoms with Gasteiger partial charge in [-0.3, -0.25) is 0 Å². The smallest absolute Gasteiger partial charge is 0.0614 e. The highest BCUT2D eigenvalue weighted by molar-refractivity contribution is 5.19. The summed E-state index contributed by atoms with van der Waals surface area (Å²) in [5, 5.41) is 9.16. The van der Waals surface area contributed by atoms with Gasteiger partial charge in [0.25, 0.3) is 0 Å². The first kappa shape index (κ1) is 10.7. The number of rotatable bonds is 1. The Bertz CT molecular complexity index is 136. The van der Waals surface area contributed by atoms with Crippen molar-refractivity contribution in [1.82, 2.24) is 0 Å². The molecule has 0 aliphatic heterocycles. The van der Waals surface area contributed by atoms with Gasteiger partial charge in [0.15, 0.2) is 0 Å². The molecule has 0 aromatic heterocycles. The predicted molar refractivity (Wildman–Crippen MR) is 49.6 cm³/mol. The molecule has 0 radical (unpaired) electrons. The third-order valence-electron chi connectivity index (χ3n) is 2.05. The summed E-state index contributed by atoms with van der Waals surface area (Å²) in [7, 11) is 0. The van der Waals surface area contributed by atoms with E-state index in [9.17, 15) is 0 Å². The standard InChI is InChI=1S/C8H14O.C2H6/c1-3-7-5-8(9)4-6(7)2;1-2/h8-9H,3-5H2,1-2H3;1-2H3/t8-;/m1./s1. The second-order valence-corrected chi connectivity index (χ2v) is 2.80. The largest absolute Gasteiger partial charge is 0.392 e. The van der Waals surface area contributed by atoms with Gasteiger partial charge in [0, 0.05) is 0 Å². The molecule has 0 aromatic carbocycles. The molecule has 0 unspecified atom stereocenters. The highest BCUT2D eigenvalue weighted by Crippen LogP contribution is 2.27. The molecule has 1 nitrogen and oxygen atoms in total. The SMILES string of the molecule is CC.CCC1=C(C)C[C@@H](O)C1. The maximum atomic E-state index is 9.16. The first-order chi connectivity index (χ1) is 5.24. The minimum absolute atomic E-state index is 0.0695. The molecule has 0 fully saturated rings. The van der Waals surface area contributed by atoms with Gasteiger partial charge < -0.3 is 5.11 Å². The fraction of sp³-hybridized carbons (Fsp3) is 0.800. The van der Waals surface area contributed by atoms with Gasteiger partial charge in [0.2, 0.25) is 0 Å². The quantitative estimate of drug-likeness (QED) is 0.579. The fourth-order valence-corrected chi connectivity index (χ4v) is 1.47. The van der Waals surface area contributed by atoms with Crippen LogP contribution in [0.5, 0.6) is 0 Å². The minimum Gasteiger partial charge on any atom is -0.392 e. The minimum atomic E-state index is -0.0695.